The Morgan fingerprint density at radius 2 is 1.20 bits per heavy atom. The fraction of sp³-hybridized carbons (Fsp3) is 0.714. The minimum absolute atomic E-state index is 0.476. The average Bonchev–Trinajstić information content (AvgIpc) is 2.96. The van der Waals surface area contributed by atoms with Crippen molar-refractivity contribution in [3.8, 4) is 0 Å². The van der Waals surface area contributed by atoms with E-state index < -0.39 is 48.2 Å². The Bertz CT molecular complexity index is 749. The largest absolute Gasteiger partial charge is 0.488 e. The number of hydrogen-bond donors (Lipinski definition) is 0. The molecule has 0 spiro atoms. The summed E-state index contributed by atoms with van der Waals surface area (Å²) in [4.78, 5) is 0. The number of alkyl halides is 3. The Morgan fingerprint density at radius 3 is 1.70 bits per heavy atom. The Labute approximate surface area is 178 Å². The highest BCUT2D eigenvalue weighted by molar-refractivity contribution is 7.11. The lowest BCUT2D eigenvalue weighted by Gasteiger charge is -2.36. The van der Waals surface area contributed by atoms with Crippen LogP contribution in [0.3, 0.4) is 0 Å². The maximum Gasteiger partial charge on any atom is 0.488 e. The number of benzene rings is 1. The zero-order valence-electron chi connectivity index (χ0n) is 18.9. The van der Waals surface area contributed by atoms with Gasteiger partial charge in [0.05, 0.1) is 28.0 Å². The molecule has 0 aliphatic carbocycles. The first-order valence-electron chi connectivity index (χ1n) is 10.4. The molecule has 30 heavy (non-hydrogen) atoms. The van der Waals surface area contributed by atoms with E-state index in [1.54, 1.807) is 0 Å². The Kier molecular flexibility index (Phi) is 5.94. The van der Waals surface area contributed by atoms with Crippen molar-refractivity contribution < 1.29 is 31.8 Å². The quantitative estimate of drug-likeness (QED) is 0.602. The van der Waals surface area contributed by atoms with Crippen LogP contribution in [0.1, 0.15) is 72.4 Å². The van der Waals surface area contributed by atoms with Gasteiger partial charge in [-0.1, -0.05) is 12.1 Å². The Balaban J connectivity index is 1.60. The second-order valence-electron chi connectivity index (χ2n) is 10.0. The molecular formula is C21H31B2F3O4. The molecule has 2 aliphatic heterocycles. The van der Waals surface area contributed by atoms with Gasteiger partial charge in [-0.05, 0) is 85.4 Å². The molecule has 1 aromatic carbocycles. The average molecular weight is 426 g/mol. The molecule has 9 heteroatoms. The van der Waals surface area contributed by atoms with Crippen molar-refractivity contribution in [1.82, 2.24) is 0 Å². The van der Waals surface area contributed by atoms with Crippen LogP contribution in [-0.4, -0.2) is 36.4 Å². The van der Waals surface area contributed by atoms with Crippen molar-refractivity contribution in [1.29, 1.82) is 0 Å². The first-order valence-corrected chi connectivity index (χ1v) is 10.4. The molecule has 2 saturated heterocycles. The molecule has 166 valence electrons. The molecule has 0 radical (unpaired) electrons. The van der Waals surface area contributed by atoms with Crippen molar-refractivity contribution in [2.75, 3.05) is 0 Å². The summed E-state index contributed by atoms with van der Waals surface area (Å²) in [5.41, 5.74) is -1.86. The van der Waals surface area contributed by atoms with Crippen molar-refractivity contribution in [3.05, 3.63) is 35.4 Å². The van der Waals surface area contributed by atoms with Crippen LogP contribution < -0.4 is 0 Å². The van der Waals surface area contributed by atoms with Crippen LogP contribution >= 0.6 is 0 Å². The topological polar surface area (TPSA) is 36.9 Å². The number of hydrogen-bond acceptors (Lipinski definition) is 4. The van der Waals surface area contributed by atoms with Gasteiger partial charge in [0.15, 0.2) is 0 Å². The molecule has 0 saturated carbocycles. The van der Waals surface area contributed by atoms with E-state index in [0.717, 1.165) is 24.1 Å². The third kappa shape index (κ3) is 4.45. The molecule has 0 N–H and O–H groups in total. The molecule has 2 fully saturated rings. The summed E-state index contributed by atoms with van der Waals surface area (Å²) < 4.78 is 62.8. The summed E-state index contributed by atoms with van der Waals surface area (Å²) in [6, 6.07) is 5.33. The van der Waals surface area contributed by atoms with Crippen LogP contribution in [0.25, 0.3) is 0 Å². The van der Waals surface area contributed by atoms with Crippen LogP contribution in [0.2, 0.25) is 0 Å². The van der Waals surface area contributed by atoms with Crippen LogP contribution in [0.4, 0.5) is 13.2 Å². The van der Waals surface area contributed by atoms with Gasteiger partial charge in [0.2, 0.25) is 0 Å². The number of aryl methyl sites for hydroxylation is 1. The molecule has 1 unspecified atom stereocenters. The van der Waals surface area contributed by atoms with E-state index in [4.69, 9.17) is 18.6 Å². The first-order chi connectivity index (χ1) is 13.6. The highest BCUT2D eigenvalue weighted by Crippen LogP contribution is 2.45. The maximum absolute atomic E-state index is 12.7. The van der Waals surface area contributed by atoms with Gasteiger partial charge < -0.3 is 18.6 Å². The van der Waals surface area contributed by atoms with Gasteiger partial charge in [0.25, 0.3) is 0 Å². The van der Waals surface area contributed by atoms with E-state index >= 15 is 0 Å². The summed E-state index contributed by atoms with van der Waals surface area (Å²) in [6.45, 7) is 13.9. The molecule has 0 amide bonds. The van der Waals surface area contributed by atoms with E-state index in [1.807, 2.05) is 48.5 Å². The number of halogens is 3. The van der Waals surface area contributed by atoms with Crippen molar-refractivity contribution in [3.63, 3.8) is 0 Å². The second kappa shape index (κ2) is 7.54. The maximum atomic E-state index is 12.7. The predicted molar refractivity (Wildman–Crippen MR) is 111 cm³/mol. The summed E-state index contributed by atoms with van der Waals surface area (Å²) >= 11 is 0. The molecule has 2 heterocycles. The van der Waals surface area contributed by atoms with Gasteiger partial charge in [-0.3, -0.25) is 0 Å². The summed E-state index contributed by atoms with van der Waals surface area (Å²) in [7, 11) is -1.26. The van der Waals surface area contributed by atoms with Gasteiger partial charge in [0, 0.05) is 0 Å². The fourth-order valence-electron chi connectivity index (χ4n) is 3.80. The molecule has 1 atom stereocenters. The Hall–Kier alpha value is -1.02. The van der Waals surface area contributed by atoms with Crippen LogP contribution in [0, 0.1) is 0 Å². The fourth-order valence-corrected chi connectivity index (χ4v) is 3.80. The van der Waals surface area contributed by atoms with Crippen LogP contribution in [0.5, 0.6) is 0 Å². The van der Waals surface area contributed by atoms with E-state index in [1.165, 1.54) is 12.1 Å². The van der Waals surface area contributed by atoms with Gasteiger partial charge >= 0.3 is 20.2 Å². The standard InChI is InChI=1S/C21H31B2F3O4/c1-17(2)18(3,4)28-22(27-17)23-29-19(5,6)20(7,30-23)14-8-9-15-10-12-16(13-11-15)21(24,25)26/h10-13H,8-9,14H2,1-7H3. The third-order valence-corrected chi connectivity index (χ3v) is 6.95. The molecule has 4 nitrogen and oxygen atoms in total. The highest BCUT2D eigenvalue weighted by atomic mass is 19.4. The Morgan fingerprint density at radius 1 is 0.733 bits per heavy atom. The predicted octanol–water partition coefficient (Wildman–Crippen LogP) is 5.27. The van der Waals surface area contributed by atoms with Gasteiger partial charge in [0.1, 0.15) is 0 Å². The van der Waals surface area contributed by atoms with Crippen LogP contribution in [-0.2, 0) is 31.2 Å². The van der Waals surface area contributed by atoms with Gasteiger partial charge in [-0.25, -0.2) is 0 Å². The monoisotopic (exact) mass is 426 g/mol. The van der Waals surface area contributed by atoms with E-state index in [9.17, 15) is 13.2 Å². The summed E-state index contributed by atoms with van der Waals surface area (Å²) in [6.07, 6.45) is -2.20. The lowest BCUT2D eigenvalue weighted by atomic mass is 9.49. The highest BCUT2D eigenvalue weighted by Gasteiger charge is 2.64. The van der Waals surface area contributed by atoms with E-state index in [0.29, 0.717) is 12.8 Å². The van der Waals surface area contributed by atoms with Crippen molar-refractivity contribution in [2.45, 2.75) is 96.3 Å². The zero-order chi connectivity index (χ0) is 22.6. The molecule has 2 aliphatic rings. The number of rotatable bonds is 5. The van der Waals surface area contributed by atoms with Gasteiger partial charge in [-0.2, -0.15) is 13.2 Å². The summed E-state index contributed by atoms with van der Waals surface area (Å²) in [5.74, 6) is 0. The van der Waals surface area contributed by atoms with Crippen molar-refractivity contribution in [2.24, 2.45) is 0 Å². The molecule has 1 aromatic rings. The second-order valence-corrected chi connectivity index (χ2v) is 10.0. The van der Waals surface area contributed by atoms with E-state index in [-0.39, 0.29) is 0 Å². The lowest BCUT2D eigenvalue weighted by Crippen LogP contribution is -2.44. The normalized spacial score (nSPS) is 27.7. The van der Waals surface area contributed by atoms with Crippen molar-refractivity contribution >= 4 is 14.0 Å². The third-order valence-electron chi connectivity index (χ3n) is 6.95. The smallest absolute Gasteiger partial charge is 0.405 e. The molecule has 3 rings (SSSR count). The minimum atomic E-state index is -4.31. The minimum Gasteiger partial charge on any atom is -0.405 e. The lowest BCUT2D eigenvalue weighted by molar-refractivity contribution is -0.137. The zero-order valence-corrected chi connectivity index (χ0v) is 18.9. The SMILES string of the molecule is CC1(C)OB(B2OC(C)(C)C(C)(CCCc3ccc(C(F)(F)F)cc3)O2)OC1(C)C. The van der Waals surface area contributed by atoms with E-state index in [2.05, 4.69) is 0 Å². The summed E-state index contributed by atoms with van der Waals surface area (Å²) in [5, 5.41) is 0. The molecular weight excluding hydrogens is 395 g/mol. The van der Waals surface area contributed by atoms with Crippen LogP contribution in [0.15, 0.2) is 24.3 Å². The molecule has 0 bridgehead atoms. The molecule has 0 aromatic heterocycles. The van der Waals surface area contributed by atoms with Gasteiger partial charge in [-0.15, -0.1) is 0 Å². The first kappa shape index (κ1) is 23.6.